The van der Waals surface area contributed by atoms with Crippen molar-refractivity contribution in [3.63, 3.8) is 0 Å². The number of benzene rings is 2. The summed E-state index contributed by atoms with van der Waals surface area (Å²) in [6.07, 6.45) is 8.78. The molecule has 4 nitrogen and oxygen atoms in total. The normalized spacial score (nSPS) is 14.8. The highest BCUT2D eigenvalue weighted by Gasteiger charge is 2.46. The van der Waals surface area contributed by atoms with Crippen LogP contribution >= 0.6 is 0 Å². The minimum absolute atomic E-state index is 0.0905. The first-order valence-corrected chi connectivity index (χ1v) is 10.3. The van der Waals surface area contributed by atoms with E-state index in [4.69, 9.17) is 0 Å². The third kappa shape index (κ3) is 2.61. The summed E-state index contributed by atoms with van der Waals surface area (Å²) in [5, 5.41) is 0. The first-order chi connectivity index (χ1) is 14.9. The van der Waals surface area contributed by atoms with Gasteiger partial charge in [-0.25, -0.2) is 0 Å². The van der Waals surface area contributed by atoms with Crippen molar-refractivity contribution in [3.05, 3.63) is 121 Å². The number of aromatic nitrogens is 2. The van der Waals surface area contributed by atoms with Gasteiger partial charge in [-0.2, -0.15) is 0 Å². The van der Waals surface area contributed by atoms with E-state index in [0.29, 0.717) is 0 Å². The molecule has 0 amide bonds. The Kier molecular flexibility index (Phi) is 3.88. The summed E-state index contributed by atoms with van der Waals surface area (Å²) in [5.41, 5.74) is 6.18. The molecule has 0 aliphatic carbocycles. The number of hydrogen-bond donors (Lipinski definition) is 0. The van der Waals surface area contributed by atoms with Crippen LogP contribution in [0, 0.1) is 0 Å². The molecule has 4 heteroatoms. The second-order valence-electron chi connectivity index (χ2n) is 7.63. The Bertz CT molecular complexity index is 1200. The van der Waals surface area contributed by atoms with E-state index in [1.807, 2.05) is 0 Å². The number of fused-ring (bicyclic) bond motifs is 3. The van der Waals surface area contributed by atoms with E-state index in [1.165, 1.54) is 28.3 Å². The highest BCUT2D eigenvalue weighted by molar-refractivity contribution is 5.62. The van der Waals surface area contributed by atoms with Gasteiger partial charge in [-0.15, -0.1) is 9.13 Å². The number of rotatable bonds is 3. The van der Waals surface area contributed by atoms with Gasteiger partial charge in [-0.05, 0) is 36.4 Å². The maximum absolute atomic E-state index is 2.36. The maximum Gasteiger partial charge on any atom is 0.382 e. The molecule has 2 aromatic heterocycles. The highest BCUT2D eigenvalue weighted by atomic mass is 15.3. The molecule has 0 atom stereocenters. The smallest absolute Gasteiger partial charge is 0.328 e. The first-order valence-electron chi connectivity index (χ1n) is 10.3. The van der Waals surface area contributed by atoms with Crippen LogP contribution in [0.25, 0.3) is 11.4 Å². The zero-order valence-corrected chi connectivity index (χ0v) is 16.5. The molecule has 4 aromatic rings. The summed E-state index contributed by atoms with van der Waals surface area (Å²) >= 11 is 0. The number of anilines is 2. The van der Waals surface area contributed by atoms with Gasteiger partial charge >= 0.3 is 6.17 Å². The van der Waals surface area contributed by atoms with Crippen molar-refractivity contribution < 1.29 is 9.13 Å². The van der Waals surface area contributed by atoms with Crippen molar-refractivity contribution in [1.82, 2.24) is 0 Å². The molecule has 2 aliphatic rings. The van der Waals surface area contributed by atoms with E-state index >= 15 is 0 Å². The molecule has 2 aromatic carbocycles. The van der Waals surface area contributed by atoms with Crippen molar-refractivity contribution in [2.24, 2.45) is 0 Å². The van der Waals surface area contributed by atoms with Crippen LogP contribution in [0.3, 0.4) is 0 Å². The fraction of sp³-hybridized carbons (Fsp3) is 0.0769. The lowest BCUT2D eigenvalue weighted by Gasteiger charge is -2.23. The van der Waals surface area contributed by atoms with E-state index in [1.54, 1.807) is 0 Å². The minimum atomic E-state index is 0.0905. The molecule has 0 saturated carbocycles. The molecule has 2 aliphatic heterocycles. The number of nitrogens with zero attached hydrogens (tertiary/aromatic N) is 4. The zero-order chi connectivity index (χ0) is 19.9. The summed E-state index contributed by atoms with van der Waals surface area (Å²) in [7, 11) is 0. The molecule has 0 saturated heterocycles. The Morgan fingerprint density at radius 1 is 0.600 bits per heavy atom. The lowest BCUT2D eigenvalue weighted by atomic mass is 10.1. The standard InChI is InChI=1S/C26H22N4/c1-2-10-21(11-3-1)27-18-19-28(20-27)23-13-5-4-12-22(23)26-29-16-8-6-14-24(29)25-15-7-9-17-30(25)26/h1-19,26H,20H2/q+2. The third-order valence-corrected chi connectivity index (χ3v) is 5.91. The Morgan fingerprint density at radius 2 is 1.20 bits per heavy atom. The van der Waals surface area contributed by atoms with Crippen LogP contribution in [0.1, 0.15) is 11.7 Å². The van der Waals surface area contributed by atoms with E-state index in [0.717, 1.165) is 6.67 Å². The molecule has 30 heavy (non-hydrogen) atoms. The topological polar surface area (TPSA) is 14.2 Å². The van der Waals surface area contributed by atoms with Gasteiger partial charge in [0.1, 0.15) is 5.56 Å². The van der Waals surface area contributed by atoms with Crippen LogP contribution in [0.2, 0.25) is 0 Å². The maximum atomic E-state index is 2.36. The molecule has 4 heterocycles. The van der Waals surface area contributed by atoms with Gasteiger partial charge in [0.05, 0.1) is 12.4 Å². The Morgan fingerprint density at radius 3 is 1.93 bits per heavy atom. The summed E-state index contributed by atoms with van der Waals surface area (Å²) in [4.78, 5) is 4.60. The van der Waals surface area contributed by atoms with Crippen LogP contribution in [0.4, 0.5) is 11.4 Å². The average molecular weight is 390 g/mol. The van der Waals surface area contributed by atoms with Crippen LogP contribution in [-0.2, 0) is 0 Å². The van der Waals surface area contributed by atoms with Gasteiger partial charge in [-0.3, -0.25) is 0 Å². The van der Waals surface area contributed by atoms with E-state index < -0.39 is 0 Å². The molecule has 0 bridgehead atoms. The highest BCUT2D eigenvalue weighted by Crippen LogP contribution is 2.32. The van der Waals surface area contributed by atoms with Gasteiger partial charge in [-0.1, -0.05) is 30.3 Å². The quantitative estimate of drug-likeness (QED) is 0.431. The summed E-state index contributed by atoms with van der Waals surface area (Å²) < 4.78 is 4.73. The lowest BCUT2D eigenvalue weighted by molar-refractivity contribution is -0.899. The minimum Gasteiger partial charge on any atom is -0.328 e. The molecule has 0 spiro atoms. The monoisotopic (exact) mass is 390 g/mol. The van der Waals surface area contributed by atoms with Crippen molar-refractivity contribution in [3.8, 4) is 11.4 Å². The Hall–Kier alpha value is -3.92. The van der Waals surface area contributed by atoms with E-state index in [2.05, 4.69) is 135 Å². The second kappa shape index (κ2) is 6.85. The zero-order valence-electron chi connectivity index (χ0n) is 16.5. The third-order valence-electron chi connectivity index (χ3n) is 5.91. The molecule has 144 valence electrons. The number of para-hydroxylation sites is 2. The lowest BCUT2D eigenvalue weighted by Crippen LogP contribution is -2.52. The van der Waals surface area contributed by atoms with Gasteiger partial charge in [0.15, 0.2) is 12.4 Å². The van der Waals surface area contributed by atoms with Crippen LogP contribution < -0.4 is 18.9 Å². The summed E-state index contributed by atoms with van der Waals surface area (Å²) in [6, 6.07) is 32.1. The van der Waals surface area contributed by atoms with Crippen LogP contribution in [0.15, 0.2) is 116 Å². The van der Waals surface area contributed by atoms with Crippen molar-refractivity contribution in [2.45, 2.75) is 6.17 Å². The molecule has 0 radical (unpaired) electrons. The molecule has 0 fully saturated rings. The molecule has 6 rings (SSSR count). The SMILES string of the molecule is C1=CN(c2ccccc2C2[n+]3ccccc3-c3cccc[n+]32)CN1c1ccccc1. The van der Waals surface area contributed by atoms with E-state index in [9.17, 15) is 0 Å². The molecular formula is C26H22N4+2. The summed E-state index contributed by atoms with van der Waals surface area (Å²) in [5.74, 6) is 0. The molecule has 0 N–H and O–H groups in total. The average Bonchev–Trinajstić information content (AvgIpc) is 3.43. The van der Waals surface area contributed by atoms with Gasteiger partial charge in [0.25, 0.3) is 11.4 Å². The van der Waals surface area contributed by atoms with Crippen molar-refractivity contribution in [1.29, 1.82) is 0 Å². The fourth-order valence-corrected chi connectivity index (χ4v) is 4.54. The van der Waals surface area contributed by atoms with Crippen LogP contribution in [0.5, 0.6) is 0 Å². The van der Waals surface area contributed by atoms with Gasteiger partial charge in [0.2, 0.25) is 0 Å². The molecular weight excluding hydrogens is 368 g/mol. The Labute approximate surface area is 176 Å². The predicted molar refractivity (Wildman–Crippen MR) is 118 cm³/mol. The van der Waals surface area contributed by atoms with Crippen molar-refractivity contribution >= 4 is 11.4 Å². The largest absolute Gasteiger partial charge is 0.382 e. The van der Waals surface area contributed by atoms with E-state index in [-0.39, 0.29) is 6.17 Å². The van der Waals surface area contributed by atoms with Gasteiger partial charge in [0, 0.05) is 42.4 Å². The number of pyridine rings is 2. The van der Waals surface area contributed by atoms with Crippen molar-refractivity contribution in [2.75, 3.05) is 16.5 Å². The van der Waals surface area contributed by atoms with Gasteiger partial charge < -0.3 is 9.80 Å². The fourth-order valence-electron chi connectivity index (χ4n) is 4.54. The van der Waals surface area contributed by atoms with Crippen LogP contribution in [-0.4, -0.2) is 6.67 Å². The summed E-state index contributed by atoms with van der Waals surface area (Å²) in [6.45, 7) is 0.798. The molecule has 0 unspecified atom stereocenters. The predicted octanol–water partition coefficient (Wildman–Crippen LogP) is 4.09. The Balaban J connectivity index is 1.43. The first kappa shape index (κ1) is 17.0. The number of hydrogen-bond acceptors (Lipinski definition) is 2. The second-order valence-corrected chi connectivity index (χ2v) is 7.63.